The van der Waals surface area contributed by atoms with E-state index in [2.05, 4.69) is 30.2 Å². The van der Waals surface area contributed by atoms with Gasteiger partial charge in [0.1, 0.15) is 0 Å². The largest absolute Gasteiger partial charge is 0.382 e. The summed E-state index contributed by atoms with van der Waals surface area (Å²) in [4.78, 5) is 4.19. The van der Waals surface area contributed by atoms with Crippen molar-refractivity contribution in [2.45, 2.75) is 13.8 Å². The highest BCUT2D eigenvalue weighted by Gasteiger charge is 1.97. The lowest BCUT2D eigenvalue weighted by Crippen LogP contribution is -2.23. The highest BCUT2D eigenvalue weighted by Crippen LogP contribution is 2.13. The maximum Gasteiger partial charge on any atom is 0.193 e. The standard InChI is InChI=1S/C14H23N3O2/c1-11-4-5-13(10-12(11)2)17-14(15)16-6-7-19-9-8-18-3/h4-5,10H,6-9H2,1-3H3,(H3,15,16,17). The van der Waals surface area contributed by atoms with E-state index in [9.17, 15) is 0 Å². The number of rotatable bonds is 7. The molecule has 5 nitrogen and oxygen atoms in total. The molecule has 3 N–H and O–H groups in total. The molecule has 1 aromatic rings. The molecule has 5 heteroatoms. The second kappa shape index (κ2) is 8.50. The van der Waals surface area contributed by atoms with E-state index in [-0.39, 0.29) is 0 Å². The zero-order chi connectivity index (χ0) is 14.1. The Morgan fingerprint density at radius 1 is 1.21 bits per heavy atom. The molecule has 0 aromatic heterocycles. The maximum atomic E-state index is 5.79. The van der Waals surface area contributed by atoms with Gasteiger partial charge in [0.05, 0.1) is 26.4 Å². The average molecular weight is 265 g/mol. The van der Waals surface area contributed by atoms with Crippen molar-refractivity contribution >= 4 is 11.6 Å². The van der Waals surface area contributed by atoms with E-state index in [1.54, 1.807) is 7.11 Å². The van der Waals surface area contributed by atoms with Crippen LogP contribution in [0.25, 0.3) is 0 Å². The number of anilines is 1. The van der Waals surface area contributed by atoms with Crippen LogP contribution < -0.4 is 11.1 Å². The molecule has 106 valence electrons. The van der Waals surface area contributed by atoms with Crippen LogP contribution in [0.1, 0.15) is 11.1 Å². The van der Waals surface area contributed by atoms with Gasteiger partial charge in [-0.15, -0.1) is 0 Å². The maximum absolute atomic E-state index is 5.79. The Balaban J connectivity index is 2.32. The van der Waals surface area contributed by atoms with Gasteiger partial charge in [0.15, 0.2) is 5.96 Å². The molecule has 0 aliphatic rings. The van der Waals surface area contributed by atoms with Crippen LogP contribution in [0.3, 0.4) is 0 Å². The van der Waals surface area contributed by atoms with Gasteiger partial charge < -0.3 is 20.5 Å². The quantitative estimate of drug-likeness (QED) is 0.447. The van der Waals surface area contributed by atoms with Crippen LogP contribution >= 0.6 is 0 Å². The molecule has 0 fully saturated rings. The minimum Gasteiger partial charge on any atom is -0.382 e. The summed E-state index contributed by atoms with van der Waals surface area (Å²) in [6.45, 7) is 6.40. The Labute approximate surface area is 114 Å². The van der Waals surface area contributed by atoms with Gasteiger partial charge >= 0.3 is 0 Å². The van der Waals surface area contributed by atoms with Crippen LogP contribution in [0.5, 0.6) is 0 Å². The second-order valence-corrected chi connectivity index (χ2v) is 4.30. The molecule has 0 bridgehead atoms. The van der Waals surface area contributed by atoms with Gasteiger partial charge in [-0.2, -0.15) is 0 Å². The second-order valence-electron chi connectivity index (χ2n) is 4.30. The number of hydrogen-bond acceptors (Lipinski definition) is 3. The molecule has 0 amide bonds. The van der Waals surface area contributed by atoms with Crippen LogP contribution in [-0.2, 0) is 9.47 Å². The third-order valence-electron chi connectivity index (χ3n) is 2.73. The van der Waals surface area contributed by atoms with Crippen LogP contribution in [0, 0.1) is 13.8 Å². The van der Waals surface area contributed by atoms with Gasteiger partial charge in [0.2, 0.25) is 0 Å². The molecule has 0 saturated heterocycles. The number of nitrogens with zero attached hydrogens (tertiary/aromatic N) is 1. The minimum absolute atomic E-state index is 0.401. The van der Waals surface area contributed by atoms with Crippen LogP contribution in [-0.4, -0.2) is 39.4 Å². The summed E-state index contributed by atoms with van der Waals surface area (Å²) in [7, 11) is 1.65. The van der Waals surface area contributed by atoms with E-state index in [4.69, 9.17) is 15.2 Å². The van der Waals surface area contributed by atoms with E-state index in [1.807, 2.05) is 12.1 Å². The van der Waals surface area contributed by atoms with Crippen LogP contribution in [0.15, 0.2) is 23.2 Å². The molecule has 0 spiro atoms. The summed E-state index contributed by atoms with van der Waals surface area (Å²) in [5.41, 5.74) is 9.22. The normalized spacial score (nSPS) is 11.6. The monoisotopic (exact) mass is 265 g/mol. The van der Waals surface area contributed by atoms with Gasteiger partial charge in [-0.1, -0.05) is 6.07 Å². The Morgan fingerprint density at radius 3 is 2.68 bits per heavy atom. The van der Waals surface area contributed by atoms with E-state index in [1.165, 1.54) is 11.1 Å². The summed E-state index contributed by atoms with van der Waals surface area (Å²) in [5, 5.41) is 3.06. The van der Waals surface area contributed by atoms with Gasteiger partial charge in [-0.3, -0.25) is 4.99 Å². The first kappa shape index (κ1) is 15.5. The lowest BCUT2D eigenvalue weighted by Gasteiger charge is -2.08. The zero-order valence-electron chi connectivity index (χ0n) is 11.9. The Kier molecular flexibility index (Phi) is 6.92. The molecular weight excluding hydrogens is 242 g/mol. The van der Waals surface area contributed by atoms with E-state index >= 15 is 0 Å². The third-order valence-corrected chi connectivity index (χ3v) is 2.73. The summed E-state index contributed by atoms with van der Waals surface area (Å²) in [6, 6.07) is 6.09. The smallest absolute Gasteiger partial charge is 0.193 e. The van der Waals surface area contributed by atoms with Crippen molar-refractivity contribution in [2.24, 2.45) is 10.7 Å². The highest BCUT2D eigenvalue weighted by atomic mass is 16.5. The van der Waals surface area contributed by atoms with Crippen LogP contribution in [0.4, 0.5) is 5.69 Å². The fraction of sp³-hybridized carbons (Fsp3) is 0.500. The Bertz CT molecular complexity index is 419. The molecule has 1 rings (SSSR count). The summed E-state index contributed by atoms with van der Waals surface area (Å²) in [5.74, 6) is 0.401. The van der Waals surface area contributed by atoms with Crippen molar-refractivity contribution in [3.05, 3.63) is 29.3 Å². The Hall–Kier alpha value is -1.59. The summed E-state index contributed by atoms with van der Waals surface area (Å²) < 4.78 is 10.2. The van der Waals surface area contributed by atoms with E-state index in [0.717, 1.165) is 5.69 Å². The zero-order valence-corrected chi connectivity index (χ0v) is 11.9. The number of guanidine groups is 1. The number of methoxy groups -OCH3 is 1. The number of nitrogens with two attached hydrogens (primary N) is 1. The summed E-state index contributed by atoms with van der Waals surface area (Å²) >= 11 is 0. The molecular formula is C14H23N3O2. The molecule has 0 atom stereocenters. The van der Waals surface area contributed by atoms with Gasteiger partial charge in [-0.25, -0.2) is 0 Å². The van der Waals surface area contributed by atoms with E-state index < -0.39 is 0 Å². The molecule has 0 heterocycles. The number of aryl methyl sites for hydroxylation is 2. The number of nitrogens with one attached hydrogen (secondary N) is 1. The average Bonchev–Trinajstić information content (AvgIpc) is 2.38. The van der Waals surface area contributed by atoms with Crippen molar-refractivity contribution in [3.8, 4) is 0 Å². The summed E-state index contributed by atoms with van der Waals surface area (Å²) in [6.07, 6.45) is 0. The lowest BCUT2D eigenvalue weighted by atomic mass is 10.1. The highest BCUT2D eigenvalue weighted by molar-refractivity contribution is 5.92. The number of hydrogen-bond donors (Lipinski definition) is 2. The molecule has 19 heavy (non-hydrogen) atoms. The van der Waals surface area contributed by atoms with Crippen molar-refractivity contribution in [1.82, 2.24) is 0 Å². The number of ether oxygens (including phenoxy) is 2. The first-order valence-corrected chi connectivity index (χ1v) is 6.34. The van der Waals surface area contributed by atoms with Crippen molar-refractivity contribution in [1.29, 1.82) is 0 Å². The first-order chi connectivity index (χ1) is 9.13. The molecule has 0 aliphatic carbocycles. The molecule has 1 aromatic carbocycles. The van der Waals surface area contributed by atoms with Crippen molar-refractivity contribution in [3.63, 3.8) is 0 Å². The third kappa shape index (κ3) is 6.22. The SMILES string of the molecule is COCCOCCN=C(N)Nc1ccc(C)c(C)c1. The van der Waals surface area contributed by atoms with Gasteiger partial charge in [-0.05, 0) is 37.1 Å². The van der Waals surface area contributed by atoms with E-state index in [0.29, 0.717) is 32.3 Å². The molecule has 0 radical (unpaired) electrons. The van der Waals surface area contributed by atoms with Crippen LogP contribution in [0.2, 0.25) is 0 Å². The van der Waals surface area contributed by atoms with Gasteiger partial charge in [0, 0.05) is 12.8 Å². The fourth-order valence-electron chi connectivity index (χ4n) is 1.48. The molecule has 0 unspecified atom stereocenters. The lowest BCUT2D eigenvalue weighted by molar-refractivity contribution is 0.0748. The molecule has 0 saturated carbocycles. The number of benzene rings is 1. The molecule has 0 aliphatic heterocycles. The first-order valence-electron chi connectivity index (χ1n) is 6.34. The predicted molar refractivity (Wildman–Crippen MR) is 78.7 cm³/mol. The fourth-order valence-corrected chi connectivity index (χ4v) is 1.48. The minimum atomic E-state index is 0.401. The topological polar surface area (TPSA) is 68.9 Å². The Morgan fingerprint density at radius 2 is 2.00 bits per heavy atom. The predicted octanol–water partition coefficient (Wildman–Crippen LogP) is 1.69. The van der Waals surface area contributed by atoms with Crippen molar-refractivity contribution < 1.29 is 9.47 Å². The number of aliphatic imine (C=N–C) groups is 1. The van der Waals surface area contributed by atoms with Crippen molar-refractivity contribution in [2.75, 3.05) is 38.8 Å². The van der Waals surface area contributed by atoms with Gasteiger partial charge in [0.25, 0.3) is 0 Å².